The summed E-state index contributed by atoms with van der Waals surface area (Å²) in [7, 11) is 1.29. The lowest BCUT2D eigenvalue weighted by molar-refractivity contribution is -0.327. The molecule has 0 radical (unpaired) electrons. The van der Waals surface area contributed by atoms with E-state index < -0.39 is 5.97 Å². The normalized spacial score (nSPS) is 30.2. The standard InChI is InChI=1S/C25H38N2O4/c1-8-24(5)17-21(26-22(28)15-16-23(29)30-7)18(3)25(6,9-2)27(24)31-19(4)20-13-11-10-12-14-20/h10-16,18-19,21H,8-9,17H2,1-7H3,(H,26,28)/b16-15+. The minimum atomic E-state index is -0.543. The number of carbonyl (C=O) groups excluding carboxylic acids is 2. The number of nitrogens with zero attached hydrogens (tertiary/aromatic N) is 1. The van der Waals surface area contributed by atoms with Crippen molar-refractivity contribution in [2.75, 3.05) is 7.11 Å². The number of hydroxylamine groups is 2. The number of piperidine rings is 1. The average molecular weight is 431 g/mol. The second-order valence-corrected chi connectivity index (χ2v) is 8.98. The average Bonchev–Trinajstić information content (AvgIpc) is 2.78. The first-order valence-electron chi connectivity index (χ1n) is 11.2. The zero-order chi connectivity index (χ0) is 23.2. The molecule has 0 aromatic heterocycles. The molecule has 1 amide bonds. The Morgan fingerprint density at radius 3 is 2.39 bits per heavy atom. The molecule has 2 rings (SSSR count). The molecule has 0 aliphatic carbocycles. The molecule has 31 heavy (non-hydrogen) atoms. The fraction of sp³-hybridized carbons (Fsp3) is 0.600. The number of rotatable bonds is 8. The highest BCUT2D eigenvalue weighted by Crippen LogP contribution is 2.47. The first-order valence-corrected chi connectivity index (χ1v) is 11.2. The van der Waals surface area contributed by atoms with Gasteiger partial charge in [0.1, 0.15) is 6.10 Å². The Morgan fingerprint density at radius 1 is 1.19 bits per heavy atom. The Hall–Kier alpha value is -2.18. The van der Waals surface area contributed by atoms with Gasteiger partial charge in [0, 0.05) is 29.3 Å². The Labute approximate surface area is 186 Å². The Balaban J connectivity index is 2.28. The van der Waals surface area contributed by atoms with Crippen LogP contribution in [0.3, 0.4) is 0 Å². The van der Waals surface area contributed by atoms with Gasteiger partial charge in [-0.1, -0.05) is 51.1 Å². The Kier molecular flexibility index (Phi) is 8.43. The summed E-state index contributed by atoms with van der Waals surface area (Å²) in [6.45, 7) is 13.0. The van der Waals surface area contributed by atoms with Gasteiger partial charge in [0.05, 0.1) is 7.11 Å². The van der Waals surface area contributed by atoms with Crippen LogP contribution in [0.4, 0.5) is 0 Å². The molecule has 5 atom stereocenters. The summed E-state index contributed by atoms with van der Waals surface area (Å²) in [5.74, 6) is -0.695. The van der Waals surface area contributed by atoms with Crippen LogP contribution in [0.1, 0.15) is 72.5 Å². The molecule has 1 aromatic carbocycles. The predicted molar refractivity (Wildman–Crippen MR) is 122 cm³/mol. The number of carbonyl (C=O) groups is 2. The highest BCUT2D eigenvalue weighted by atomic mass is 16.7. The topological polar surface area (TPSA) is 67.9 Å². The number of hydrogen-bond donors (Lipinski definition) is 1. The molecule has 0 spiro atoms. The molecule has 1 aliphatic heterocycles. The van der Waals surface area contributed by atoms with Crippen LogP contribution in [0.5, 0.6) is 0 Å². The molecule has 1 aromatic rings. The van der Waals surface area contributed by atoms with Crippen LogP contribution in [0.25, 0.3) is 0 Å². The molecule has 1 saturated heterocycles. The fourth-order valence-electron chi connectivity index (χ4n) is 4.53. The molecule has 0 bridgehead atoms. The summed E-state index contributed by atoms with van der Waals surface area (Å²) in [6, 6.07) is 10.2. The first-order chi connectivity index (χ1) is 14.6. The number of amides is 1. The van der Waals surface area contributed by atoms with Gasteiger partial charge in [0.15, 0.2) is 0 Å². The number of hydrogen-bond acceptors (Lipinski definition) is 5. The van der Waals surface area contributed by atoms with Crippen molar-refractivity contribution in [3.63, 3.8) is 0 Å². The maximum Gasteiger partial charge on any atom is 0.330 e. The fourth-order valence-corrected chi connectivity index (χ4v) is 4.53. The summed E-state index contributed by atoms with van der Waals surface area (Å²) in [5.41, 5.74) is 0.593. The number of esters is 1. The van der Waals surface area contributed by atoms with E-state index in [-0.39, 0.29) is 35.0 Å². The van der Waals surface area contributed by atoms with E-state index in [2.05, 4.69) is 68.8 Å². The van der Waals surface area contributed by atoms with Gasteiger partial charge in [0.25, 0.3) is 0 Å². The van der Waals surface area contributed by atoms with Crippen molar-refractivity contribution >= 4 is 11.9 Å². The summed E-state index contributed by atoms with van der Waals surface area (Å²) in [5, 5.41) is 5.32. The molecule has 1 fully saturated rings. The number of methoxy groups -OCH3 is 1. The van der Waals surface area contributed by atoms with Gasteiger partial charge in [-0.25, -0.2) is 4.79 Å². The number of nitrogens with one attached hydrogen (secondary N) is 1. The molecule has 5 unspecified atom stereocenters. The maximum atomic E-state index is 12.5. The van der Waals surface area contributed by atoms with Crippen molar-refractivity contribution < 1.29 is 19.2 Å². The summed E-state index contributed by atoms with van der Waals surface area (Å²) >= 11 is 0. The van der Waals surface area contributed by atoms with Crippen LogP contribution in [0, 0.1) is 5.92 Å². The molecule has 0 saturated carbocycles. The lowest BCUT2D eigenvalue weighted by atomic mass is 9.68. The van der Waals surface area contributed by atoms with Crippen molar-refractivity contribution in [1.29, 1.82) is 0 Å². The van der Waals surface area contributed by atoms with Crippen molar-refractivity contribution in [3.8, 4) is 0 Å². The molecule has 1 aliphatic rings. The minimum Gasteiger partial charge on any atom is -0.466 e. The molecule has 1 N–H and O–H groups in total. The molecule has 6 heteroatoms. The largest absolute Gasteiger partial charge is 0.466 e. The van der Waals surface area contributed by atoms with Gasteiger partial charge in [0.2, 0.25) is 5.91 Å². The molecule has 1 heterocycles. The van der Waals surface area contributed by atoms with E-state index >= 15 is 0 Å². The van der Waals surface area contributed by atoms with E-state index in [0.29, 0.717) is 0 Å². The second kappa shape index (κ2) is 10.4. The zero-order valence-electron chi connectivity index (χ0n) is 20.0. The molecule has 6 nitrogen and oxygen atoms in total. The highest BCUT2D eigenvalue weighted by molar-refractivity contribution is 5.94. The third-order valence-electron chi connectivity index (χ3n) is 7.11. The Morgan fingerprint density at radius 2 is 1.84 bits per heavy atom. The maximum absolute atomic E-state index is 12.5. The van der Waals surface area contributed by atoms with Crippen LogP contribution < -0.4 is 5.32 Å². The lowest BCUT2D eigenvalue weighted by Gasteiger charge is -2.60. The van der Waals surface area contributed by atoms with Crippen LogP contribution in [0.15, 0.2) is 42.5 Å². The molecular weight excluding hydrogens is 392 g/mol. The van der Waals surface area contributed by atoms with Crippen LogP contribution in [-0.4, -0.2) is 41.2 Å². The molecule has 172 valence electrons. The van der Waals surface area contributed by atoms with Crippen molar-refractivity contribution in [2.24, 2.45) is 5.92 Å². The third kappa shape index (κ3) is 5.55. The van der Waals surface area contributed by atoms with Crippen molar-refractivity contribution in [2.45, 2.75) is 84.0 Å². The SMILES string of the molecule is CCC1(C)CC(NC(=O)/C=C/C(=O)OC)C(C)C(C)(CC)N1OC(C)c1ccccc1. The van der Waals surface area contributed by atoms with Crippen molar-refractivity contribution in [1.82, 2.24) is 10.4 Å². The molecular formula is C25H38N2O4. The van der Waals surface area contributed by atoms with Crippen LogP contribution >= 0.6 is 0 Å². The second-order valence-electron chi connectivity index (χ2n) is 8.98. The quantitative estimate of drug-likeness (QED) is 0.483. The van der Waals surface area contributed by atoms with Crippen LogP contribution in [0.2, 0.25) is 0 Å². The number of benzene rings is 1. The van der Waals surface area contributed by atoms with Gasteiger partial charge in [-0.2, -0.15) is 5.06 Å². The summed E-state index contributed by atoms with van der Waals surface area (Å²) in [6.07, 6.45) is 4.80. The van der Waals surface area contributed by atoms with Gasteiger partial charge in [-0.3, -0.25) is 9.63 Å². The van der Waals surface area contributed by atoms with Crippen molar-refractivity contribution in [3.05, 3.63) is 48.0 Å². The van der Waals surface area contributed by atoms with Gasteiger partial charge >= 0.3 is 5.97 Å². The van der Waals surface area contributed by atoms with Gasteiger partial charge in [-0.15, -0.1) is 0 Å². The van der Waals surface area contributed by atoms with E-state index in [0.717, 1.165) is 30.9 Å². The predicted octanol–water partition coefficient (Wildman–Crippen LogP) is 4.57. The van der Waals surface area contributed by atoms with E-state index in [9.17, 15) is 9.59 Å². The van der Waals surface area contributed by atoms with Crippen LogP contribution in [-0.2, 0) is 19.2 Å². The van der Waals surface area contributed by atoms with Gasteiger partial charge < -0.3 is 10.1 Å². The zero-order valence-corrected chi connectivity index (χ0v) is 20.0. The van der Waals surface area contributed by atoms with E-state index in [4.69, 9.17) is 4.84 Å². The monoisotopic (exact) mass is 430 g/mol. The van der Waals surface area contributed by atoms with Gasteiger partial charge in [-0.05, 0) is 51.5 Å². The lowest BCUT2D eigenvalue weighted by Crippen LogP contribution is -2.69. The smallest absolute Gasteiger partial charge is 0.330 e. The van der Waals surface area contributed by atoms with E-state index in [1.165, 1.54) is 13.2 Å². The van der Waals surface area contributed by atoms with E-state index in [1.807, 2.05) is 18.2 Å². The summed E-state index contributed by atoms with van der Waals surface area (Å²) in [4.78, 5) is 30.4. The Bertz CT molecular complexity index is 781. The third-order valence-corrected chi connectivity index (χ3v) is 7.11. The first kappa shape index (κ1) is 25.1. The van der Waals surface area contributed by atoms with E-state index in [1.54, 1.807) is 0 Å². The minimum absolute atomic E-state index is 0.0448. The summed E-state index contributed by atoms with van der Waals surface area (Å²) < 4.78 is 4.57. The number of ether oxygens (including phenoxy) is 1. The highest BCUT2D eigenvalue weighted by Gasteiger charge is 2.54.